The molecular formula is C11H17N5. The summed E-state index contributed by atoms with van der Waals surface area (Å²) in [6, 6.07) is 0.318. The highest BCUT2D eigenvalue weighted by Gasteiger charge is 2.15. The molecule has 0 aromatic carbocycles. The zero-order valence-corrected chi connectivity index (χ0v) is 10.1. The van der Waals surface area contributed by atoms with Gasteiger partial charge in [0.25, 0.3) is 0 Å². The maximum Gasteiger partial charge on any atom is 0.131 e. The van der Waals surface area contributed by atoms with Crippen molar-refractivity contribution in [3.05, 3.63) is 18.2 Å². The van der Waals surface area contributed by atoms with Gasteiger partial charge in [-0.3, -0.25) is 4.68 Å². The molecule has 0 saturated heterocycles. The SMILES string of the molecule is Cc1c(-c2ncn(C(C)C)c2N)cnn1C. The van der Waals surface area contributed by atoms with Gasteiger partial charge >= 0.3 is 0 Å². The minimum Gasteiger partial charge on any atom is -0.383 e. The molecule has 2 aromatic rings. The van der Waals surface area contributed by atoms with Gasteiger partial charge in [0.05, 0.1) is 12.5 Å². The van der Waals surface area contributed by atoms with Gasteiger partial charge in [-0.05, 0) is 20.8 Å². The number of aryl methyl sites for hydroxylation is 1. The Balaban J connectivity index is 2.53. The van der Waals surface area contributed by atoms with E-state index in [1.807, 2.05) is 23.2 Å². The van der Waals surface area contributed by atoms with Gasteiger partial charge in [-0.25, -0.2) is 4.98 Å². The first-order chi connectivity index (χ1) is 7.52. The van der Waals surface area contributed by atoms with Crippen molar-refractivity contribution in [2.75, 3.05) is 5.73 Å². The molecule has 2 N–H and O–H groups in total. The normalized spacial score (nSPS) is 11.3. The van der Waals surface area contributed by atoms with E-state index in [2.05, 4.69) is 23.9 Å². The molecule has 2 rings (SSSR count). The highest BCUT2D eigenvalue weighted by molar-refractivity contribution is 5.71. The van der Waals surface area contributed by atoms with Crippen LogP contribution in [0.1, 0.15) is 25.6 Å². The highest BCUT2D eigenvalue weighted by atomic mass is 15.3. The van der Waals surface area contributed by atoms with Crippen LogP contribution in [0.2, 0.25) is 0 Å². The van der Waals surface area contributed by atoms with Crippen LogP contribution in [0.15, 0.2) is 12.5 Å². The Labute approximate surface area is 94.9 Å². The Morgan fingerprint density at radius 2 is 2.06 bits per heavy atom. The summed E-state index contributed by atoms with van der Waals surface area (Å²) in [6.07, 6.45) is 3.58. The van der Waals surface area contributed by atoms with E-state index in [0.717, 1.165) is 17.0 Å². The van der Waals surface area contributed by atoms with Crippen molar-refractivity contribution in [3.8, 4) is 11.3 Å². The smallest absolute Gasteiger partial charge is 0.131 e. The molecule has 0 spiro atoms. The first kappa shape index (κ1) is 10.7. The lowest BCUT2D eigenvalue weighted by Crippen LogP contribution is -2.04. The Bertz CT molecular complexity index is 506. The standard InChI is InChI=1S/C11H17N5/c1-7(2)16-6-13-10(11(16)12)9-5-14-15(4)8(9)3/h5-7H,12H2,1-4H3. The predicted octanol–water partition coefficient (Wildman–Crippen LogP) is 1.76. The first-order valence-corrected chi connectivity index (χ1v) is 5.33. The van der Waals surface area contributed by atoms with Crippen LogP contribution < -0.4 is 5.73 Å². The van der Waals surface area contributed by atoms with Crippen molar-refractivity contribution in [2.24, 2.45) is 7.05 Å². The molecule has 0 fully saturated rings. The van der Waals surface area contributed by atoms with Gasteiger partial charge in [-0.2, -0.15) is 5.10 Å². The van der Waals surface area contributed by atoms with Gasteiger partial charge in [0, 0.05) is 24.3 Å². The van der Waals surface area contributed by atoms with Crippen LogP contribution in [0.25, 0.3) is 11.3 Å². The van der Waals surface area contributed by atoms with Crippen LogP contribution in [0.4, 0.5) is 5.82 Å². The number of aromatic nitrogens is 4. The number of nitrogen functional groups attached to an aromatic ring is 1. The summed E-state index contributed by atoms with van der Waals surface area (Å²) in [4.78, 5) is 4.37. The van der Waals surface area contributed by atoms with Crippen molar-refractivity contribution < 1.29 is 0 Å². The van der Waals surface area contributed by atoms with E-state index in [1.165, 1.54) is 0 Å². The van der Waals surface area contributed by atoms with E-state index in [0.29, 0.717) is 11.9 Å². The second-order valence-electron chi connectivity index (χ2n) is 4.25. The lowest BCUT2D eigenvalue weighted by molar-refractivity contribution is 0.607. The number of hydrogen-bond donors (Lipinski definition) is 1. The van der Waals surface area contributed by atoms with Crippen LogP contribution in [0, 0.1) is 6.92 Å². The van der Waals surface area contributed by atoms with Gasteiger partial charge in [0.15, 0.2) is 0 Å². The molecule has 0 radical (unpaired) electrons. The third kappa shape index (κ3) is 1.48. The van der Waals surface area contributed by atoms with Crippen molar-refractivity contribution >= 4 is 5.82 Å². The third-order valence-corrected chi connectivity index (χ3v) is 2.88. The van der Waals surface area contributed by atoms with E-state index < -0.39 is 0 Å². The predicted molar refractivity (Wildman–Crippen MR) is 64.0 cm³/mol. The molecule has 5 nitrogen and oxygen atoms in total. The van der Waals surface area contributed by atoms with E-state index >= 15 is 0 Å². The van der Waals surface area contributed by atoms with Crippen molar-refractivity contribution in [1.29, 1.82) is 0 Å². The topological polar surface area (TPSA) is 61.7 Å². The zero-order valence-electron chi connectivity index (χ0n) is 10.1. The molecule has 0 unspecified atom stereocenters. The molecule has 16 heavy (non-hydrogen) atoms. The molecule has 0 saturated carbocycles. The van der Waals surface area contributed by atoms with Gasteiger partial charge in [0.1, 0.15) is 11.5 Å². The lowest BCUT2D eigenvalue weighted by atomic mass is 10.2. The molecule has 0 aliphatic rings. The zero-order chi connectivity index (χ0) is 11.9. The average Bonchev–Trinajstić information content (AvgIpc) is 2.73. The van der Waals surface area contributed by atoms with Crippen LogP contribution in [0.3, 0.4) is 0 Å². The molecule has 0 atom stereocenters. The Hall–Kier alpha value is -1.78. The van der Waals surface area contributed by atoms with Gasteiger partial charge < -0.3 is 10.3 Å². The molecule has 0 bridgehead atoms. The number of rotatable bonds is 2. The second-order valence-corrected chi connectivity index (χ2v) is 4.25. The van der Waals surface area contributed by atoms with E-state index in [9.17, 15) is 0 Å². The van der Waals surface area contributed by atoms with Gasteiger partial charge in [-0.1, -0.05) is 0 Å². The summed E-state index contributed by atoms with van der Waals surface area (Å²) < 4.78 is 3.78. The summed E-state index contributed by atoms with van der Waals surface area (Å²) in [5, 5.41) is 4.20. The largest absolute Gasteiger partial charge is 0.383 e. The fraction of sp³-hybridized carbons (Fsp3) is 0.455. The fourth-order valence-corrected chi connectivity index (χ4v) is 1.72. The van der Waals surface area contributed by atoms with Crippen LogP contribution >= 0.6 is 0 Å². The molecule has 5 heteroatoms. The molecule has 0 amide bonds. The fourth-order valence-electron chi connectivity index (χ4n) is 1.72. The summed E-state index contributed by atoms with van der Waals surface area (Å²) in [5.74, 6) is 0.700. The highest BCUT2D eigenvalue weighted by Crippen LogP contribution is 2.28. The maximum atomic E-state index is 6.08. The van der Waals surface area contributed by atoms with E-state index in [1.54, 1.807) is 12.5 Å². The number of nitrogens with two attached hydrogens (primary N) is 1. The molecule has 0 aliphatic carbocycles. The number of nitrogens with zero attached hydrogens (tertiary/aromatic N) is 4. The van der Waals surface area contributed by atoms with E-state index in [-0.39, 0.29) is 0 Å². The molecule has 2 aromatic heterocycles. The van der Waals surface area contributed by atoms with E-state index in [4.69, 9.17) is 5.73 Å². The Morgan fingerprint density at radius 3 is 2.50 bits per heavy atom. The quantitative estimate of drug-likeness (QED) is 0.837. The van der Waals surface area contributed by atoms with Gasteiger partial charge in [0.2, 0.25) is 0 Å². The van der Waals surface area contributed by atoms with Crippen LogP contribution in [-0.2, 0) is 7.05 Å². The van der Waals surface area contributed by atoms with Crippen molar-refractivity contribution in [2.45, 2.75) is 26.8 Å². The summed E-state index contributed by atoms with van der Waals surface area (Å²) >= 11 is 0. The molecular weight excluding hydrogens is 202 g/mol. The first-order valence-electron chi connectivity index (χ1n) is 5.33. The molecule has 2 heterocycles. The number of imidazole rings is 1. The minimum atomic E-state index is 0.318. The van der Waals surface area contributed by atoms with Crippen LogP contribution in [-0.4, -0.2) is 19.3 Å². The monoisotopic (exact) mass is 219 g/mol. The summed E-state index contributed by atoms with van der Waals surface area (Å²) in [7, 11) is 1.91. The second kappa shape index (κ2) is 3.66. The maximum absolute atomic E-state index is 6.08. The average molecular weight is 219 g/mol. The number of anilines is 1. The number of hydrogen-bond acceptors (Lipinski definition) is 3. The van der Waals surface area contributed by atoms with Crippen molar-refractivity contribution in [3.63, 3.8) is 0 Å². The minimum absolute atomic E-state index is 0.318. The van der Waals surface area contributed by atoms with Gasteiger partial charge in [-0.15, -0.1) is 0 Å². The Morgan fingerprint density at radius 1 is 1.38 bits per heavy atom. The Kier molecular flexibility index (Phi) is 2.46. The molecule has 86 valence electrons. The summed E-state index contributed by atoms with van der Waals surface area (Å²) in [5.41, 5.74) is 8.97. The van der Waals surface area contributed by atoms with Crippen LogP contribution in [0.5, 0.6) is 0 Å². The summed E-state index contributed by atoms with van der Waals surface area (Å²) in [6.45, 7) is 6.17. The molecule has 0 aliphatic heterocycles. The van der Waals surface area contributed by atoms with Crippen molar-refractivity contribution in [1.82, 2.24) is 19.3 Å². The lowest BCUT2D eigenvalue weighted by Gasteiger charge is -2.08. The third-order valence-electron chi connectivity index (χ3n) is 2.88.